The summed E-state index contributed by atoms with van der Waals surface area (Å²) in [4.78, 5) is 27.6. The van der Waals surface area contributed by atoms with Crippen LogP contribution in [-0.4, -0.2) is 28.4 Å². The molecule has 6 nitrogen and oxygen atoms in total. The zero-order valence-electron chi connectivity index (χ0n) is 12.4. The Kier molecular flexibility index (Phi) is 4.73. The Morgan fingerprint density at radius 3 is 2.50 bits per heavy atom. The van der Waals surface area contributed by atoms with E-state index in [9.17, 15) is 14.7 Å². The standard InChI is InChI=1S/C16H17N3O3/c1-10-6-11(2)8-12(7-10)16(22)18-9-14(21)19-15-13(20)4-3-5-17-15/h3-8,20H,9H2,1-2H3,(H,18,22)(H,17,19,21). The smallest absolute Gasteiger partial charge is 0.251 e. The number of aryl methyl sites for hydroxylation is 2. The molecule has 2 aromatic rings. The van der Waals surface area contributed by atoms with Gasteiger partial charge in [0.2, 0.25) is 5.91 Å². The van der Waals surface area contributed by atoms with Crippen LogP contribution < -0.4 is 10.6 Å². The molecule has 0 saturated carbocycles. The number of aromatic nitrogens is 1. The van der Waals surface area contributed by atoms with Crippen molar-refractivity contribution in [2.75, 3.05) is 11.9 Å². The van der Waals surface area contributed by atoms with E-state index >= 15 is 0 Å². The fourth-order valence-electron chi connectivity index (χ4n) is 2.04. The van der Waals surface area contributed by atoms with Crippen molar-refractivity contribution in [2.24, 2.45) is 0 Å². The van der Waals surface area contributed by atoms with Crippen molar-refractivity contribution >= 4 is 17.6 Å². The molecule has 0 fully saturated rings. The summed E-state index contributed by atoms with van der Waals surface area (Å²) >= 11 is 0. The minimum absolute atomic E-state index is 0.0631. The van der Waals surface area contributed by atoms with Crippen molar-refractivity contribution in [3.05, 3.63) is 53.2 Å². The van der Waals surface area contributed by atoms with Crippen LogP contribution in [0.2, 0.25) is 0 Å². The number of carbonyl (C=O) groups is 2. The molecule has 1 heterocycles. The van der Waals surface area contributed by atoms with Crippen LogP contribution in [0.4, 0.5) is 5.82 Å². The van der Waals surface area contributed by atoms with Gasteiger partial charge in [-0.05, 0) is 38.1 Å². The second-order valence-corrected chi connectivity index (χ2v) is 4.98. The maximum Gasteiger partial charge on any atom is 0.251 e. The predicted octanol–water partition coefficient (Wildman–Crippen LogP) is 1.77. The fraction of sp³-hybridized carbons (Fsp3) is 0.188. The van der Waals surface area contributed by atoms with Crippen LogP contribution in [-0.2, 0) is 4.79 Å². The summed E-state index contributed by atoms with van der Waals surface area (Å²) in [6.07, 6.45) is 1.45. The molecule has 6 heteroatoms. The Hall–Kier alpha value is -2.89. The molecular weight excluding hydrogens is 282 g/mol. The van der Waals surface area contributed by atoms with Gasteiger partial charge in [-0.3, -0.25) is 9.59 Å². The van der Waals surface area contributed by atoms with E-state index in [1.165, 1.54) is 12.3 Å². The van der Waals surface area contributed by atoms with E-state index in [2.05, 4.69) is 15.6 Å². The van der Waals surface area contributed by atoms with Gasteiger partial charge in [0.1, 0.15) is 0 Å². The molecule has 0 saturated heterocycles. The van der Waals surface area contributed by atoms with E-state index in [0.717, 1.165) is 11.1 Å². The van der Waals surface area contributed by atoms with E-state index in [4.69, 9.17) is 0 Å². The van der Waals surface area contributed by atoms with Crippen LogP contribution in [0.1, 0.15) is 21.5 Å². The van der Waals surface area contributed by atoms with Crippen molar-refractivity contribution < 1.29 is 14.7 Å². The van der Waals surface area contributed by atoms with Crippen LogP contribution in [0.25, 0.3) is 0 Å². The molecule has 0 unspecified atom stereocenters. The van der Waals surface area contributed by atoms with Gasteiger partial charge in [0.25, 0.3) is 5.91 Å². The van der Waals surface area contributed by atoms with E-state index < -0.39 is 5.91 Å². The highest BCUT2D eigenvalue weighted by molar-refractivity contribution is 5.99. The lowest BCUT2D eigenvalue weighted by molar-refractivity contribution is -0.115. The summed E-state index contributed by atoms with van der Waals surface area (Å²) in [5.74, 6) is -0.858. The SMILES string of the molecule is Cc1cc(C)cc(C(=O)NCC(=O)Nc2ncccc2O)c1. The predicted molar refractivity (Wildman–Crippen MR) is 82.8 cm³/mol. The maximum absolute atomic E-state index is 12.0. The van der Waals surface area contributed by atoms with Gasteiger partial charge in [-0.25, -0.2) is 4.98 Å². The number of benzene rings is 1. The first-order valence-electron chi connectivity index (χ1n) is 6.76. The number of amides is 2. The maximum atomic E-state index is 12.0. The van der Waals surface area contributed by atoms with Crippen LogP contribution in [0.3, 0.4) is 0 Å². The van der Waals surface area contributed by atoms with Gasteiger partial charge in [-0.2, -0.15) is 0 Å². The van der Waals surface area contributed by atoms with E-state index in [1.807, 2.05) is 19.9 Å². The molecule has 3 N–H and O–H groups in total. The van der Waals surface area contributed by atoms with Crippen LogP contribution in [0.15, 0.2) is 36.5 Å². The quantitative estimate of drug-likeness (QED) is 0.802. The average Bonchev–Trinajstić information content (AvgIpc) is 2.46. The second-order valence-electron chi connectivity index (χ2n) is 4.98. The lowest BCUT2D eigenvalue weighted by Gasteiger charge is -2.08. The minimum atomic E-state index is -0.466. The number of aromatic hydroxyl groups is 1. The van der Waals surface area contributed by atoms with Crippen molar-refractivity contribution in [3.63, 3.8) is 0 Å². The molecule has 1 aromatic heterocycles. The minimum Gasteiger partial charge on any atom is -0.504 e. The van der Waals surface area contributed by atoms with Gasteiger partial charge in [-0.1, -0.05) is 17.2 Å². The summed E-state index contributed by atoms with van der Waals surface area (Å²) in [5, 5.41) is 14.5. The zero-order valence-corrected chi connectivity index (χ0v) is 12.4. The highest BCUT2D eigenvalue weighted by Gasteiger charge is 2.11. The van der Waals surface area contributed by atoms with Gasteiger partial charge in [-0.15, -0.1) is 0 Å². The van der Waals surface area contributed by atoms with E-state index in [0.29, 0.717) is 5.56 Å². The third-order valence-electron chi connectivity index (χ3n) is 2.94. The fourth-order valence-corrected chi connectivity index (χ4v) is 2.04. The van der Waals surface area contributed by atoms with Crippen molar-refractivity contribution in [2.45, 2.75) is 13.8 Å². The topological polar surface area (TPSA) is 91.3 Å². The van der Waals surface area contributed by atoms with Crippen LogP contribution in [0, 0.1) is 13.8 Å². The first kappa shape index (κ1) is 15.5. The Morgan fingerprint density at radius 1 is 1.18 bits per heavy atom. The molecule has 2 rings (SSSR count). The Morgan fingerprint density at radius 2 is 1.86 bits per heavy atom. The molecule has 1 aromatic carbocycles. The Bertz CT molecular complexity index is 693. The molecule has 2 amide bonds. The van der Waals surface area contributed by atoms with Crippen molar-refractivity contribution in [1.29, 1.82) is 0 Å². The number of rotatable bonds is 4. The normalized spacial score (nSPS) is 10.1. The monoisotopic (exact) mass is 299 g/mol. The van der Waals surface area contributed by atoms with Gasteiger partial charge >= 0.3 is 0 Å². The van der Waals surface area contributed by atoms with Gasteiger partial charge in [0.15, 0.2) is 11.6 Å². The summed E-state index contributed by atoms with van der Waals surface area (Å²) < 4.78 is 0. The number of hydrogen-bond donors (Lipinski definition) is 3. The van der Waals surface area contributed by atoms with Gasteiger partial charge in [0.05, 0.1) is 6.54 Å². The Balaban J connectivity index is 1.93. The third kappa shape index (κ3) is 4.05. The highest BCUT2D eigenvalue weighted by Crippen LogP contribution is 2.17. The van der Waals surface area contributed by atoms with Crippen molar-refractivity contribution in [1.82, 2.24) is 10.3 Å². The van der Waals surface area contributed by atoms with Crippen LogP contribution >= 0.6 is 0 Å². The largest absolute Gasteiger partial charge is 0.504 e. The van der Waals surface area contributed by atoms with E-state index in [-0.39, 0.29) is 24.0 Å². The molecular formula is C16H17N3O3. The first-order chi connectivity index (χ1) is 10.5. The lowest BCUT2D eigenvalue weighted by Crippen LogP contribution is -2.33. The van der Waals surface area contributed by atoms with Gasteiger partial charge in [0, 0.05) is 11.8 Å². The Labute approximate surface area is 128 Å². The molecule has 0 atom stereocenters. The number of pyridine rings is 1. The molecule has 0 bridgehead atoms. The highest BCUT2D eigenvalue weighted by atomic mass is 16.3. The summed E-state index contributed by atoms with van der Waals surface area (Å²) in [5.41, 5.74) is 2.46. The zero-order chi connectivity index (χ0) is 16.1. The summed E-state index contributed by atoms with van der Waals surface area (Å²) in [7, 11) is 0. The number of nitrogens with zero attached hydrogens (tertiary/aromatic N) is 1. The van der Waals surface area contributed by atoms with Crippen LogP contribution in [0.5, 0.6) is 5.75 Å². The summed E-state index contributed by atoms with van der Waals surface area (Å²) in [6, 6.07) is 8.44. The number of anilines is 1. The number of hydrogen-bond acceptors (Lipinski definition) is 4. The molecule has 22 heavy (non-hydrogen) atoms. The molecule has 0 aliphatic heterocycles. The molecule has 0 radical (unpaired) electrons. The molecule has 0 spiro atoms. The third-order valence-corrected chi connectivity index (χ3v) is 2.94. The number of nitrogens with one attached hydrogen (secondary N) is 2. The van der Waals surface area contributed by atoms with Gasteiger partial charge < -0.3 is 15.7 Å². The lowest BCUT2D eigenvalue weighted by atomic mass is 10.1. The molecule has 0 aliphatic carbocycles. The second kappa shape index (κ2) is 6.71. The summed E-state index contributed by atoms with van der Waals surface area (Å²) in [6.45, 7) is 3.60. The number of carbonyl (C=O) groups excluding carboxylic acids is 2. The average molecular weight is 299 g/mol. The molecule has 0 aliphatic rings. The van der Waals surface area contributed by atoms with E-state index in [1.54, 1.807) is 18.2 Å². The molecule has 114 valence electrons. The van der Waals surface area contributed by atoms with Crippen molar-refractivity contribution in [3.8, 4) is 5.75 Å². The first-order valence-corrected chi connectivity index (χ1v) is 6.76.